The monoisotopic (exact) mass is 317 g/mol. The summed E-state index contributed by atoms with van der Waals surface area (Å²) in [6.45, 7) is 1.28. The van der Waals surface area contributed by atoms with Crippen molar-refractivity contribution in [2.75, 3.05) is 29.5 Å². The SMILES string of the molecule is O=C(O)c1ccc(Br)cc1N1CCS(=O)CC1. The maximum absolute atomic E-state index is 11.3. The Bertz CT molecular complexity index is 468. The van der Waals surface area contributed by atoms with Gasteiger partial charge in [-0.05, 0) is 18.2 Å². The van der Waals surface area contributed by atoms with Gasteiger partial charge in [0.2, 0.25) is 0 Å². The van der Waals surface area contributed by atoms with Crippen LogP contribution in [0.1, 0.15) is 10.4 Å². The van der Waals surface area contributed by atoms with Crippen LogP contribution in [0.4, 0.5) is 5.69 Å². The molecule has 0 saturated carbocycles. The first kappa shape index (κ1) is 12.6. The average molecular weight is 318 g/mol. The van der Waals surface area contributed by atoms with Crippen LogP contribution in [-0.4, -0.2) is 39.9 Å². The minimum Gasteiger partial charge on any atom is -0.478 e. The fraction of sp³-hybridized carbons (Fsp3) is 0.364. The van der Waals surface area contributed by atoms with Gasteiger partial charge in [0, 0.05) is 39.9 Å². The highest BCUT2D eigenvalue weighted by molar-refractivity contribution is 9.10. The van der Waals surface area contributed by atoms with Crippen molar-refractivity contribution in [3.8, 4) is 0 Å². The number of aromatic carboxylic acids is 1. The van der Waals surface area contributed by atoms with Crippen LogP contribution in [0.15, 0.2) is 22.7 Å². The molecule has 1 aliphatic rings. The summed E-state index contributed by atoms with van der Waals surface area (Å²) in [6.07, 6.45) is 0. The quantitative estimate of drug-likeness (QED) is 0.902. The lowest BCUT2D eigenvalue weighted by Crippen LogP contribution is -2.38. The number of anilines is 1. The molecule has 1 aliphatic heterocycles. The lowest BCUT2D eigenvalue weighted by Gasteiger charge is -2.29. The molecule has 92 valence electrons. The Balaban J connectivity index is 2.33. The van der Waals surface area contributed by atoms with Crippen LogP contribution < -0.4 is 4.90 Å². The summed E-state index contributed by atoms with van der Waals surface area (Å²) in [5, 5.41) is 9.14. The molecule has 0 amide bonds. The van der Waals surface area contributed by atoms with Crippen molar-refractivity contribution in [1.29, 1.82) is 0 Å². The molecular weight excluding hydrogens is 306 g/mol. The highest BCUT2D eigenvalue weighted by Gasteiger charge is 2.20. The molecule has 2 rings (SSSR count). The molecule has 0 radical (unpaired) electrons. The van der Waals surface area contributed by atoms with E-state index in [4.69, 9.17) is 5.11 Å². The molecule has 1 saturated heterocycles. The van der Waals surface area contributed by atoms with Crippen LogP contribution >= 0.6 is 15.9 Å². The minimum atomic E-state index is -0.931. The predicted molar refractivity (Wildman–Crippen MR) is 71.2 cm³/mol. The Kier molecular flexibility index (Phi) is 3.83. The zero-order chi connectivity index (χ0) is 12.4. The van der Waals surface area contributed by atoms with Crippen molar-refractivity contribution in [2.45, 2.75) is 0 Å². The normalized spacial score (nSPS) is 17.1. The van der Waals surface area contributed by atoms with Gasteiger partial charge in [-0.1, -0.05) is 15.9 Å². The smallest absolute Gasteiger partial charge is 0.337 e. The first-order valence-corrected chi connectivity index (χ1v) is 7.49. The molecule has 0 spiro atoms. The third kappa shape index (κ3) is 2.87. The fourth-order valence-electron chi connectivity index (χ4n) is 1.83. The molecule has 4 nitrogen and oxygen atoms in total. The van der Waals surface area contributed by atoms with Crippen molar-refractivity contribution in [3.63, 3.8) is 0 Å². The van der Waals surface area contributed by atoms with E-state index < -0.39 is 16.8 Å². The summed E-state index contributed by atoms with van der Waals surface area (Å²) < 4.78 is 12.1. The summed E-state index contributed by atoms with van der Waals surface area (Å²) in [7, 11) is -0.758. The third-order valence-corrected chi connectivity index (χ3v) is 4.48. The van der Waals surface area contributed by atoms with E-state index in [2.05, 4.69) is 15.9 Å². The lowest BCUT2D eigenvalue weighted by atomic mass is 10.1. The second kappa shape index (κ2) is 5.18. The van der Waals surface area contributed by atoms with E-state index >= 15 is 0 Å². The molecule has 1 N–H and O–H groups in total. The van der Waals surface area contributed by atoms with Crippen molar-refractivity contribution in [1.82, 2.24) is 0 Å². The minimum absolute atomic E-state index is 0.292. The number of carboxylic acids is 1. The highest BCUT2D eigenvalue weighted by atomic mass is 79.9. The average Bonchev–Trinajstić information content (AvgIpc) is 2.29. The second-order valence-corrected chi connectivity index (χ2v) is 6.41. The maximum Gasteiger partial charge on any atom is 0.337 e. The van der Waals surface area contributed by atoms with Gasteiger partial charge in [0.05, 0.1) is 11.3 Å². The molecule has 1 heterocycles. The highest BCUT2D eigenvalue weighted by Crippen LogP contribution is 2.26. The van der Waals surface area contributed by atoms with Crippen LogP contribution in [0.2, 0.25) is 0 Å². The van der Waals surface area contributed by atoms with Gasteiger partial charge < -0.3 is 10.0 Å². The van der Waals surface area contributed by atoms with Crippen molar-refractivity contribution >= 4 is 38.4 Å². The first-order chi connectivity index (χ1) is 8.08. The van der Waals surface area contributed by atoms with Gasteiger partial charge >= 0.3 is 5.97 Å². The standard InChI is InChI=1S/C11H12BrNO3S/c12-8-1-2-9(11(14)15)10(7-8)13-3-5-17(16)6-4-13/h1-2,7H,3-6H2,(H,14,15). The van der Waals surface area contributed by atoms with Crippen LogP contribution in [0, 0.1) is 0 Å². The predicted octanol–water partition coefficient (Wildman–Crippen LogP) is 1.72. The van der Waals surface area contributed by atoms with Gasteiger partial charge in [-0.2, -0.15) is 0 Å². The van der Waals surface area contributed by atoms with Gasteiger partial charge in [0.1, 0.15) is 0 Å². The van der Waals surface area contributed by atoms with Gasteiger partial charge in [-0.15, -0.1) is 0 Å². The molecule has 0 bridgehead atoms. The Labute approximate surface area is 110 Å². The molecule has 1 aromatic carbocycles. The molecule has 0 aliphatic carbocycles. The number of nitrogens with zero attached hydrogens (tertiary/aromatic N) is 1. The number of hydrogen-bond acceptors (Lipinski definition) is 3. The number of benzene rings is 1. The van der Waals surface area contributed by atoms with E-state index in [0.717, 1.165) is 4.47 Å². The molecular formula is C11H12BrNO3S. The fourth-order valence-corrected chi connectivity index (χ4v) is 3.23. The topological polar surface area (TPSA) is 57.6 Å². The van der Waals surface area contributed by atoms with Gasteiger partial charge in [-0.25, -0.2) is 4.79 Å². The Hall–Kier alpha value is -0.880. The number of rotatable bonds is 2. The molecule has 1 aromatic rings. The van der Waals surface area contributed by atoms with Crippen LogP contribution in [-0.2, 0) is 10.8 Å². The van der Waals surface area contributed by atoms with E-state index in [-0.39, 0.29) is 0 Å². The summed E-state index contributed by atoms with van der Waals surface area (Å²) in [5.41, 5.74) is 0.990. The third-order valence-electron chi connectivity index (χ3n) is 2.71. The van der Waals surface area contributed by atoms with Gasteiger partial charge in [-0.3, -0.25) is 4.21 Å². The van der Waals surface area contributed by atoms with E-state index in [0.29, 0.717) is 35.8 Å². The van der Waals surface area contributed by atoms with Gasteiger partial charge in [0.15, 0.2) is 0 Å². The van der Waals surface area contributed by atoms with E-state index in [1.165, 1.54) is 0 Å². The molecule has 17 heavy (non-hydrogen) atoms. The van der Waals surface area contributed by atoms with Gasteiger partial charge in [0.25, 0.3) is 0 Å². The summed E-state index contributed by atoms with van der Waals surface area (Å²) in [6, 6.07) is 5.11. The lowest BCUT2D eigenvalue weighted by molar-refractivity contribution is 0.0697. The van der Waals surface area contributed by atoms with E-state index in [1.807, 2.05) is 4.90 Å². The summed E-state index contributed by atoms with van der Waals surface area (Å²) >= 11 is 3.34. The summed E-state index contributed by atoms with van der Waals surface area (Å²) in [5.74, 6) is 0.274. The summed E-state index contributed by atoms with van der Waals surface area (Å²) in [4.78, 5) is 13.1. The zero-order valence-electron chi connectivity index (χ0n) is 9.06. The molecule has 0 aromatic heterocycles. The largest absolute Gasteiger partial charge is 0.478 e. The Morgan fingerprint density at radius 1 is 1.35 bits per heavy atom. The van der Waals surface area contributed by atoms with Crippen LogP contribution in [0.25, 0.3) is 0 Å². The zero-order valence-corrected chi connectivity index (χ0v) is 11.5. The number of carboxylic acid groups (broad SMARTS) is 1. The van der Waals surface area contributed by atoms with Crippen LogP contribution in [0.3, 0.4) is 0 Å². The van der Waals surface area contributed by atoms with Crippen molar-refractivity contribution in [2.24, 2.45) is 0 Å². The molecule has 0 atom stereocenters. The van der Waals surface area contributed by atoms with Crippen molar-refractivity contribution < 1.29 is 14.1 Å². The number of halogens is 1. The van der Waals surface area contributed by atoms with E-state index in [9.17, 15) is 9.00 Å². The Morgan fingerprint density at radius 2 is 2.00 bits per heavy atom. The molecule has 0 unspecified atom stereocenters. The van der Waals surface area contributed by atoms with E-state index in [1.54, 1.807) is 18.2 Å². The first-order valence-electron chi connectivity index (χ1n) is 5.20. The molecule has 1 fully saturated rings. The molecule has 6 heteroatoms. The second-order valence-electron chi connectivity index (χ2n) is 3.80. The maximum atomic E-state index is 11.3. The van der Waals surface area contributed by atoms with Crippen molar-refractivity contribution in [3.05, 3.63) is 28.2 Å². The van der Waals surface area contributed by atoms with Crippen LogP contribution in [0.5, 0.6) is 0 Å². The number of hydrogen-bond donors (Lipinski definition) is 1. The number of carbonyl (C=O) groups is 1. The Morgan fingerprint density at radius 3 is 2.59 bits per heavy atom.